The molecule has 2 saturated heterocycles. The minimum absolute atomic E-state index is 0.244. The maximum atomic E-state index is 6.02. The van der Waals surface area contributed by atoms with Crippen molar-refractivity contribution in [3.63, 3.8) is 0 Å². The number of hydrogen-bond donors (Lipinski definition) is 0. The number of benzene rings is 2. The Hall–Kier alpha value is -1.72. The Balaban J connectivity index is 1.24. The molecule has 0 radical (unpaired) electrons. The van der Waals surface area contributed by atoms with Gasteiger partial charge in [-0.2, -0.15) is 0 Å². The third-order valence-electron chi connectivity index (χ3n) is 6.76. The summed E-state index contributed by atoms with van der Waals surface area (Å²) >= 11 is 0. The second-order valence-electron chi connectivity index (χ2n) is 9.47. The molecule has 2 aliphatic heterocycles. The van der Waals surface area contributed by atoms with Crippen LogP contribution in [-0.2, 0) is 32.2 Å². The molecule has 4 heteroatoms. The monoisotopic (exact) mass is 424 g/mol. The molecule has 4 rings (SSSR count). The molecule has 0 spiro atoms. The molecule has 2 aromatic rings. The second kappa shape index (κ2) is 10.3. The molecule has 0 unspecified atom stereocenters. The summed E-state index contributed by atoms with van der Waals surface area (Å²) in [7, 11) is 0. The van der Waals surface area contributed by atoms with Gasteiger partial charge in [-0.25, -0.2) is 0 Å². The average Bonchev–Trinajstić information content (AvgIpc) is 2.75. The summed E-state index contributed by atoms with van der Waals surface area (Å²) in [6.45, 7) is 10.7. The standard InChI is InChI=1S/C27H36O4/c1-3-13-27(20-31-21-27)19-29-15-23-7-11-25(12-8-23)24-9-5-22(6-10-24)14-28-16-26(4-2)17-30-18-26/h5-12H,3-4,13-21H2,1-2H3. The molecule has 0 N–H and O–H groups in total. The molecule has 0 bridgehead atoms. The Morgan fingerprint density at radius 3 is 1.48 bits per heavy atom. The van der Waals surface area contributed by atoms with Crippen LogP contribution in [0.5, 0.6) is 0 Å². The van der Waals surface area contributed by atoms with Crippen molar-refractivity contribution in [3.05, 3.63) is 59.7 Å². The van der Waals surface area contributed by atoms with Gasteiger partial charge in [0.05, 0.1) is 52.9 Å². The van der Waals surface area contributed by atoms with Crippen LogP contribution < -0.4 is 0 Å². The van der Waals surface area contributed by atoms with E-state index in [0.29, 0.717) is 13.2 Å². The molecule has 2 heterocycles. The van der Waals surface area contributed by atoms with Crippen molar-refractivity contribution in [1.29, 1.82) is 0 Å². The van der Waals surface area contributed by atoms with Crippen LogP contribution in [0.1, 0.15) is 44.2 Å². The van der Waals surface area contributed by atoms with Crippen LogP contribution in [0.4, 0.5) is 0 Å². The molecule has 0 atom stereocenters. The number of ether oxygens (including phenoxy) is 4. The maximum Gasteiger partial charge on any atom is 0.0717 e. The summed E-state index contributed by atoms with van der Waals surface area (Å²) in [5.41, 5.74) is 5.37. The van der Waals surface area contributed by atoms with Crippen molar-refractivity contribution >= 4 is 0 Å². The molecule has 2 fully saturated rings. The molecule has 31 heavy (non-hydrogen) atoms. The fourth-order valence-electron chi connectivity index (χ4n) is 4.36. The van der Waals surface area contributed by atoms with E-state index in [9.17, 15) is 0 Å². The van der Waals surface area contributed by atoms with Gasteiger partial charge >= 0.3 is 0 Å². The van der Waals surface area contributed by atoms with Gasteiger partial charge in [-0.15, -0.1) is 0 Å². The lowest BCUT2D eigenvalue weighted by Crippen LogP contribution is -2.46. The van der Waals surface area contributed by atoms with Crippen molar-refractivity contribution < 1.29 is 18.9 Å². The average molecular weight is 425 g/mol. The largest absolute Gasteiger partial charge is 0.380 e. The lowest BCUT2D eigenvalue weighted by molar-refractivity contribution is -0.155. The van der Waals surface area contributed by atoms with Crippen LogP contribution in [0.25, 0.3) is 11.1 Å². The highest BCUT2D eigenvalue weighted by Gasteiger charge is 2.38. The second-order valence-corrected chi connectivity index (χ2v) is 9.47. The summed E-state index contributed by atoms with van der Waals surface area (Å²) in [6.07, 6.45) is 3.47. The van der Waals surface area contributed by atoms with Crippen molar-refractivity contribution in [2.45, 2.75) is 46.3 Å². The van der Waals surface area contributed by atoms with Gasteiger partial charge in [0.2, 0.25) is 0 Å². The van der Waals surface area contributed by atoms with E-state index in [2.05, 4.69) is 62.4 Å². The first-order chi connectivity index (χ1) is 15.2. The van der Waals surface area contributed by atoms with Gasteiger partial charge in [-0.1, -0.05) is 68.8 Å². The molecule has 0 amide bonds. The summed E-state index contributed by atoms with van der Waals surface area (Å²) in [4.78, 5) is 0. The van der Waals surface area contributed by atoms with E-state index in [1.807, 2.05) is 0 Å². The van der Waals surface area contributed by atoms with Crippen molar-refractivity contribution in [3.8, 4) is 11.1 Å². The van der Waals surface area contributed by atoms with Crippen molar-refractivity contribution in [2.75, 3.05) is 39.6 Å². The smallest absolute Gasteiger partial charge is 0.0717 e. The first-order valence-corrected chi connectivity index (χ1v) is 11.7. The van der Waals surface area contributed by atoms with E-state index < -0.39 is 0 Å². The van der Waals surface area contributed by atoms with Crippen LogP contribution in [-0.4, -0.2) is 39.6 Å². The zero-order chi connectivity index (χ0) is 21.6. The van der Waals surface area contributed by atoms with E-state index in [1.54, 1.807) is 0 Å². The van der Waals surface area contributed by atoms with Gasteiger partial charge in [0.1, 0.15) is 0 Å². The Labute approximate surface area is 186 Å². The fraction of sp³-hybridized carbons (Fsp3) is 0.556. The number of rotatable bonds is 12. The molecule has 0 aliphatic carbocycles. The Morgan fingerprint density at radius 1 is 0.677 bits per heavy atom. The molecule has 0 aromatic heterocycles. The van der Waals surface area contributed by atoms with Gasteiger partial charge < -0.3 is 18.9 Å². The molecule has 168 valence electrons. The fourth-order valence-corrected chi connectivity index (χ4v) is 4.36. The van der Waals surface area contributed by atoms with Crippen LogP contribution in [0.15, 0.2) is 48.5 Å². The molecule has 2 aromatic carbocycles. The van der Waals surface area contributed by atoms with Gasteiger partial charge in [-0.3, -0.25) is 0 Å². The Bertz CT molecular complexity index is 799. The highest BCUT2D eigenvalue weighted by atomic mass is 16.5. The van der Waals surface area contributed by atoms with Gasteiger partial charge in [-0.05, 0) is 35.1 Å². The topological polar surface area (TPSA) is 36.9 Å². The third-order valence-corrected chi connectivity index (χ3v) is 6.76. The summed E-state index contributed by atoms with van der Waals surface area (Å²) in [6, 6.07) is 17.4. The SMILES string of the molecule is CCCC1(COCc2ccc(-c3ccc(COCC4(CC)COC4)cc3)cc2)COC1. The molecule has 0 saturated carbocycles. The van der Waals surface area contributed by atoms with Crippen LogP contribution in [0.2, 0.25) is 0 Å². The highest BCUT2D eigenvalue weighted by Crippen LogP contribution is 2.33. The van der Waals surface area contributed by atoms with E-state index in [-0.39, 0.29) is 10.8 Å². The normalized spacial score (nSPS) is 18.9. The van der Waals surface area contributed by atoms with Crippen molar-refractivity contribution in [2.24, 2.45) is 10.8 Å². The van der Waals surface area contributed by atoms with E-state index in [4.69, 9.17) is 18.9 Å². The van der Waals surface area contributed by atoms with Crippen LogP contribution in [0, 0.1) is 10.8 Å². The lowest BCUT2D eigenvalue weighted by Gasteiger charge is -2.41. The molecular weight excluding hydrogens is 388 g/mol. The van der Waals surface area contributed by atoms with Gasteiger partial charge in [0.15, 0.2) is 0 Å². The Kier molecular flexibility index (Phi) is 7.44. The van der Waals surface area contributed by atoms with E-state index in [0.717, 1.165) is 46.1 Å². The molecule has 2 aliphatic rings. The highest BCUT2D eigenvalue weighted by molar-refractivity contribution is 5.63. The summed E-state index contributed by atoms with van der Waals surface area (Å²) < 4.78 is 22.8. The predicted octanol–water partition coefficient (Wildman–Crippen LogP) is 5.63. The summed E-state index contributed by atoms with van der Waals surface area (Å²) in [5, 5.41) is 0. The first kappa shape index (κ1) is 22.5. The zero-order valence-electron chi connectivity index (χ0n) is 19.0. The van der Waals surface area contributed by atoms with E-state index >= 15 is 0 Å². The minimum atomic E-state index is 0.244. The third kappa shape index (κ3) is 5.56. The van der Waals surface area contributed by atoms with Gasteiger partial charge in [0.25, 0.3) is 0 Å². The Morgan fingerprint density at radius 2 is 1.13 bits per heavy atom. The maximum absolute atomic E-state index is 6.02. The van der Waals surface area contributed by atoms with Crippen LogP contribution in [0.3, 0.4) is 0 Å². The first-order valence-electron chi connectivity index (χ1n) is 11.7. The van der Waals surface area contributed by atoms with Crippen LogP contribution >= 0.6 is 0 Å². The van der Waals surface area contributed by atoms with E-state index in [1.165, 1.54) is 35.1 Å². The lowest BCUT2D eigenvalue weighted by atomic mass is 9.82. The minimum Gasteiger partial charge on any atom is -0.380 e. The molecular formula is C27H36O4. The van der Waals surface area contributed by atoms with Crippen molar-refractivity contribution in [1.82, 2.24) is 0 Å². The zero-order valence-corrected chi connectivity index (χ0v) is 19.0. The summed E-state index contributed by atoms with van der Waals surface area (Å²) in [5.74, 6) is 0. The molecule has 4 nitrogen and oxygen atoms in total. The van der Waals surface area contributed by atoms with Gasteiger partial charge in [0, 0.05) is 10.8 Å². The number of hydrogen-bond acceptors (Lipinski definition) is 4. The predicted molar refractivity (Wildman–Crippen MR) is 123 cm³/mol. The quantitative estimate of drug-likeness (QED) is 0.442.